The Labute approximate surface area is 153 Å². The first kappa shape index (κ1) is 22.1. The number of aliphatic hydroxyl groups is 1. The van der Waals surface area contributed by atoms with Gasteiger partial charge in [0.15, 0.2) is 0 Å². The molecule has 0 aliphatic carbocycles. The lowest BCUT2D eigenvalue weighted by Crippen LogP contribution is -2.19. The maximum atomic E-state index is 12.0. The summed E-state index contributed by atoms with van der Waals surface area (Å²) >= 11 is 0. The van der Waals surface area contributed by atoms with Crippen LogP contribution in [0, 0.1) is 6.92 Å². The Hall–Kier alpha value is -0.910. The molecule has 0 radical (unpaired) electrons. The van der Waals surface area contributed by atoms with Crippen LogP contribution >= 0.6 is 0 Å². The fraction of sp³-hybridized carbons (Fsp3) is 0.700. The van der Waals surface area contributed by atoms with Crippen molar-refractivity contribution < 1.29 is 17.7 Å². The molecule has 1 aromatic rings. The Morgan fingerprint density at radius 3 is 2.00 bits per heavy atom. The zero-order valence-corrected chi connectivity index (χ0v) is 16.6. The summed E-state index contributed by atoms with van der Waals surface area (Å²) in [5, 5.41) is 9.91. The van der Waals surface area contributed by atoms with Gasteiger partial charge in [-0.3, -0.25) is 4.18 Å². The highest BCUT2D eigenvalue weighted by atomic mass is 32.2. The molecule has 5 heteroatoms. The van der Waals surface area contributed by atoms with Crippen LogP contribution in [0.5, 0.6) is 0 Å². The van der Waals surface area contributed by atoms with Crippen molar-refractivity contribution in [1.82, 2.24) is 0 Å². The third-order valence-electron chi connectivity index (χ3n) is 4.37. The van der Waals surface area contributed by atoms with E-state index < -0.39 is 16.2 Å². The highest BCUT2D eigenvalue weighted by Crippen LogP contribution is 2.15. The van der Waals surface area contributed by atoms with Crippen LogP contribution in [0.4, 0.5) is 0 Å². The normalized spacial score (nSPS) is 13.1. The van der Waals surface area contributed by atoms with Gasteiger partial charge in [-0.25, -0.2) is 0 Å². The van der Waals surface area contributed by atoms with Crippen LogP contribution in [0.1, 0.15) is 76.7 Å². The molecule has 4 nitrogen and oxygen atoms in total. The van der Waals surface area contributed by atoms with Gasteiger partial charge in [-0.2, -0.15) is 8.42 Å². The smallest absolute Gasteiger partial charge is 0.297 e. The lowest BCUT2D eigenvalue weighted by molar-refractivity contribution is 0.100. The molecule has 0 amide bonds. The van der Waals surface area contributed by atoms with Gasteiger partial charge in [0.25, 0.3) is 10.1 Å². The SMILES string of the molecule is CCCCCCCCCCCC(O)COS(=O)(=O)c1ccc(C)cc1. The maximum absolute atomic E-state index is 12.0. The second-order valence-corrected chi connectivity index (χ2v) is 8.44. The van der Waals surface area contributed by atoms with Crippen molar-refractivity contribution in [2.24, 2.45) is 0 Å². The van der Waals surface area contributed by atoms with Crippen LogP contribution in [0.15, 0.2) is 29.2 Å². The molecule has 0 saturated carbocycles. The summed E-state index contributed by atoms with van der Waals surface area (Å²) in [6.45, 7) is 3.94. The molecule has 1 rings (SSSR count). The number of benzene rings is 1. The van der Waals surface area contributed by atoms with Crippen LogP contribution in [0.2, 0.25) is 0 Å². The summed E-state index contributed by atoms with van der Waals surface area (Å²) in [7, 11) is -3.78. The Bertz CT molecular complexity index is 552. The monoisotopic (exact) mass is 370 g/mol. The minimum Gasteiger partial charge on any atom is -0.391 e. The number of rotatable bonds is 14. The van der Waals surface area contributed by atoms with Crippen LogP contribution in [-0.4, -0.2) is 26.2 Å². The molecule has 0 bridgehead atoms. The number of hydrogen-bond donors (Lipinski definition) is 1. The molecular weight excluding hydrogens is 336 g/mol. The first-order chi connectivity index (χ1) is 12.0. The molecule has 1 aromatic carbocycles. The zero-order valence-electron chi connectivity index (χ0n) is 15.7. The minimum atomic E-state index is -3.78. The highest BCUT2D eigenvalue weighted by molar-refractivity contribution is 7.86. The fourth-order valence-corrected chi connectivity index (χ4v) is 3.66. The van der Waals surface area contributed by atoms with E-state index in [9.17, 15) is 13.5 Å². The Kier molecular flexibility index (Phi) is 11.0. The van der Waals surface area contributed by atoms with Gasteiger partial charge in [-0.05, 0) is 25.5 Å². The predicted octanol–water partition coefficient (Wildman–Crippen LogP) is 4.98. The van der Waals surface area contributed by atoms with E-state index in [2.05, 4.69) is 6.92 Å². The Morgan fingerprint density at radius 1 is 0.920 bits per heavy atom. The van der Waals surface area contributed by atoms with Gasteiger partial charge >= 0.3 is 0 Å². The third-order valence-corrected chi connectivity index (χ3v) is 5.66. The van der Waals surface area contributed by atoms with Crippen molar-refractivity contribution in [3.05, 3.63) is 29.8 Å². The molecule has 0 aliphatic rings. The summed E-state index contributed by atoms with van der Waals surface area (Å²) < 4.78 is 29.0. The topological polar surface area (TPSA) is 63.6 Å². The van der Waals surface area contributed by atoms with Crippen molar-refractivity contribution in [2.75, 3.05) is 6.61 Å². The zero-order chi connectivity index (χ0) is 18.5. The van der Waals surface area contributed by atoms with E-state index >= 15 is 0 Å². The van der Waals surface area contributed by atoms with Crippen molar-refractivity contribution >= 4 is 10.1 Å². The molecular formula is C20H34O4S. The lowest BCUT2D eigenvalue weighted by Gasteiger charge is -2.11. The molecule has 0 heterocycles. The lowest BCUT2D eigenvalue weighted by atomic mass is 10.1. The highest BCUT2D eigenvalue weighted by Gasteiger charge is 2.17. The third kappa shape index (κ3) is 9.97. The second kappa shape index (κ2) is 12.4. The number of aryl methyl sites for hydroxylation is 1. The number of aliphatic hydroxyl groups excluding tert-OH is 1. The van der Waals surface area contributed by atoms with Crippen molar-refractivity contribution in [3.63, 3.8) is 0 Å². The van der Waals surface area contributed by atoms with Crippen LogP contribution in [0.3, 0.4) is 0 Å². The van der Waals surface area contributed by atoms with Crippen LogP contribution in [0.25, 0.3) is 0 Å². The van der Waals surface area contributed by atoms with Gasteiger partial charge in [0.05, 0.1) is 17.6 Å². The van der Waals surface area contributed by atoms with Gasteiger partial charge in [0, 0.05) is 0 Å². The molecule has 1 N–H and O–H groups in total. The van der Waals surface area contributed by atoms with E-state index in [1.165, 1.54) is 57.1 Å². The summed E-state index contributed by atoms with van der Waals surface area (Å²) in [4.78, 5) is 0.133. The first-order valence-electron chi connectivity index (χ1n) is 9.60. The van der Waals surface area contributed by atoms with Gasteiger partial charge in [0.1, 0.15) is 0 Å². The summed E-state index contributed by atoms with van der Waals surface area (Å²) in [6, 6.07) is 6.51. The molecule has 25 heavy (non-hydrogen) atoms. The van der Waals surface area contributed by atoms with Gasteiger partial charge in [0.2, 0.25) is 0 Å². The largest absolute Gasteiger partial charge is 0.391 e. The molecule has 144 valence electrons. The molecule has 0 fully saturated rings. The molecule has 0 aromatic heterocycles. The number of hydrogen-bond acceptors (Lipinski definition) is 4. The van der Waals surface area contributed by atoms with E-state index in [0.29, 0.717) is 6.42 Å². The fourth-order valence-electron chi connectivity index (χ4n) is 2.72. The Morgan fingerprint density at radius 2 is 1.44 bits per heavy atom. The van der Waals surface area contributed by atoms with Crippen LogP contribution < -0.4 is 0 Å². The van der Waals surface area contributed by atoms with Crippen LogP contribution in [-0.2, 0) is 14.3 Å². The number of unbranched alkanes of at least 4 members (excludes halogenated alkanes) is 8. The van der Waals surface area contributed by atoms with Gasteiger partial charge in [-0.15, -0.1) is 0 Å². The second-order valence-electron chi connectivity index (χ2n) is 6.82. The van der Waals surface area contributed by atoms with E-state index in [1.807, 2.05) is 6.92 Å². The summed E-state index contributed by atoms with van der Waals surface area (Å²) in [6.07, 6.45) is 10.8. The minimum absolute atomic E-state index is 0.133. The quantitative estimate of drug-likeness (QED) is 0.370. The molecule has 1 atom stereocenters. The molecule has 0 saturated heterocycles. The first-order valence-corrected chi connectivity index (χ1v) is 11.0. The van der Waals surface area contributed by atoms with E-state index in [0.717, 1.165) is 18.4 Å². The summed E-state index contributed by atoms with van der Waals surface area (Å²) in [5.74, 6) is 0. The standard InChI is InChI=1S/C20H34O4S/c1-3-4-5-6-7-8-9-10-11-12-19(21)17-24-25(22,23)20-15-13-18(2)14-16-20/h13-16,19,21H,3-12,17H2,1-2H3. The van der Waals surface area contributed by atoms with E-state index in [4.69, 9.17) is 4.18 Å². The molecule has 0 spiro atoms. The summed E-state index contributed by atoms with van der Waals surface area (Å²) in [5.41, 5.74) is 0.990. The average Bonchev–Trinajstić information content (AvgIpc) is 2.59. The molecule has 0 aliphatic heterocycles. The predicted molar refractivity (Wildman–Crippen MR) is 102 cm³/mol. The van der Waals surface area contributed by atoms with Crippen molar-refractivity contribution in [1.29, 1.82) is 0 Å². The van der Waals surface area contributed by atoms with Crippen molar-refractivity contribution in [2.45, 2.75) is 89.1 Å². The van der Waals surface area contributed by atoms with E-state index in [-0.39, 0.29) is 11.5 Å². The Balaban J connectivity index is 2.12. The van der Waals surface area contributed by atoms with Gasteiger partial charge in [-0.1, -0.05) is 82.4 Å². The van der Waals surface area contributed by atoms with Crippen molar-refractivity contribution in [3.8, 4) is 0 Å². The molecule has 1 unspecified atom stereocenters. The average molecular weight is 371 g/mol. The van der Waals surface area contributed by atoms with Gasteiger partial charge < -0.3 is 5.11 Å². The maximum Gasteiger partial charge on any atom is 0.297 e. The van der Waals surface area contributed by atoms with E-state index in [1.54, 1.807) is 12.1 Å².